The van der Waals surface area contributed by atoms with Crippen LogP contribution in [0.5, 0.6) is 11.5 Å². The predicted molar refractivity (Wildman–Crippen MR) is 103 cm³/mol. The predicted octanol–water partition coefficient (Wildman–Crippen LogP) is 2.10. The van der Waals surface area contributed by atoms with E-state index in [9.17, 15) is 13.2 Å². The third-order valence-corrected chi connectivity index (χ3v) is 5.45. The summed E-state index contributed by atoms with van der Waals surface area (Å²) in [5, 5.41) is 2.80. The van der Waals surface area contributed by atoms with Gasteiger partial charge in [0.05, 0.1) is 11.9 Å². The van der Waals surface area contributed by atoms with Crippen molar-refractivity contribution in [3.05, 3.63) is 54.1 Å². The lowest BCUT2D eigenvalue weighted by Gasteiger charge is -2.22. The molecular weight excluding hydrogens is 368 g/mol. The Hall–Kier alpha value is -2.74. The molecule has 1 atom stereocenters. The van der Waals surface area contributed by atoms with Crippen LogP contribution < -0.4 is 19.1 Å². The zero-order chi connectivity index (χ0) is 19.4. The van der Waals surface area contributed by atoms with E-state index in [-0.39, 0.29) is 25.2 Å². The maximum atomic E-state index is 12.4. The number of hydrogen-bond acceptors (Lipinski definition) is 5. The lowest BCUT2D eigenvalue weighted by Crippen LogP contribution is -2.41. The Balaban J connectivity index is 1.67. The first-order chi connectivity index (χ1) is 12.8. The average molecular weight is 390 g/mol. The highest BCUT2D eigenvalue weighted by atomic mass is 32.2. The standard InChI is InChI=1S/C19H22N2O5S/c1-14(15-6-4-3-5-7-15)11-20-19(22)12-21(27(2,23)24)16-8-9-17-18(10-16)26-13-25-17/h3-10,14H,11-13H2,1-2H3,(H,20,22). The molecule has 2 aromatic carbocycles. The highest BCUT2D eigenvalue weighted by molar-refractivity contribution is 7.92. The molecule has 7 nitrogen and oxygen atoms in total. The first-order valence-electron chi connectivity index (χ1n) is 8.53. The van der Waals surface area contributed by atoms with E-state index in [1.807, 2.05) is 37.3 Å². The van der Waals surface area contributed by atoms with Crippen LogP contribution in [0, 0.1) is 0 Å². The number of carbonyl (C=O) groups is 1. The molecule has 1 unspecified atom stereocenters. The van der Waals surface area contributed by atoms with Gasteiger partial charge in [-0.25, -0.2) is 8.42 Å². The van der Waals surface area contributed by atoms with Crippen LogP contribution in [-0.4, -0.2) is 40.5 Å². The minimum absolute atomic E-state index is 0.0928. The number of nitrogens with one attached hydrogen (secondary N) is 1. The van der Waals surface area contributed by atoms with Gasteiger partial charge in [-0.2, -0.15) is 0 Å². The number of ether oxygens (including phenoxy) is 2. The van der Waals surface area contributed by atoms with Crippen molar-refractivity contribution in [3.63, 3.8) is 0 Å². The third kappa shape index (κ3) is 4.71. The Morgan fingerprint density at radius 3 is 2.56 bits per heavy atom. The van der Waals surface area contributed by atoms with Crippen LogP contribution in [0.2, 0.25) is 0 Å². The largest absolute Gasteiger partial charge is 0.454 e. The number of hydrogen-bond donors (Lipinski definition) is 1. The van der Waals surface area contributed by atoms with Gasteiger partial charge in [0.25, 0.3) is 0 Å². The molecule has 0 aliphatic carbocycles. The fourth-order valence-corrected chi connectivity index (χ4v) is 3.64. The third-order valence-electron chi connectivity index (χ3n) is 4.31. The number of carbonyl (C=O) groups excluding carboxylic acids is 1. The molecule has 0 spiro atoms. The van der Waals surface area contributed by atoms with Crippen LogP contribution in [0.25, 0.3) is 0 Å². The van der Waals surface area contributed by atoms with Crippen molar-refractivity contribution in [3.8, 4) is 11.5 Å². The summed E-state index contributed by atoms with van der Waals surface area (Å²) in [7, 11) is -3.65. The highest BCUT2D eigenvalue weighted by Crippen LogP contribution is 2.36. The van der Waals surface area contributed by atoms with Gasteiger partial charge in [-0.15, -0.1) is 0 Å². The van der Waals surface area contributed by atoms with E-state index < -0.39 is 10.0 Å². The monoisotopic (exact) mass is 390 g/mol. The van der Waals surface area contributed by atoms with E-state index in [0.29, 0.717) is 23.7 Å². The smallest absolute Gasteiger partial charge is 0.240 e. The maximum absolute atomic E-state index is 12.4. The van der Waals surface area contributed by atoms with Crippen LogP contribution in [0.3, 0.4) is 0 Å². The molecule has 1 heterocycles. The topological polar surface area (TPSA) is 84.9 Å². The molecule has 0 saturated heterocycles. The molecule has 0 aromatic heterocycles. The average Bonchev–Trinajstić information content (AvgIpc) is 3.11. The lowest BCUT2D eigenvalue weighted by molar-refractivity contribution is -0.119. The SMILES string of the molecule is CC(CNC(=O)CN(c1ccc2c(c1)OCO2)S(C)(=O)=O)c1ccccc1. The Morgan fingerprint density at radius 1 is 1.15 bits per heavy atom. The van der Waals surface area contributed by atoms with Crippen LogP contribution in [0.4, 0.5) is 5.69 Å². The molecule has 0 saturated carbocycles. The highest BCUT2D eigenvalue weighted by Gasteiger charge is 2.24. The minimum atomic E-state index is -3.65. The quantitative estimate of drug-likeness (QED) is 0.783. The van der Waals surface area contributed by atoms with E-state index in [1.54, 1.807) is 18.2 Å². The van der Waals surface area contributed by atoms with Gasteiger partial charge in [0.1, 0.15) is 6.54 Å². The summed E-state index contributed by atoms with van der Waals surface area (Å²) < 4.78 is 36.0. The van der Waals surface area contributed by atoms with Crippen molar-refractivity contribution in [1.82, 2.24) is 5.32 Å². The number of benzene rings is 2. The van der Waals surface area contributed by atoms with Crippen LogP contribution in [0.1, 0.15) is 18.4 Å². The number of nitrogens with zero attached hydrogens (tertiary/aromatic N) is 1. The number of sulfonamides is 1. The molecule has 3 rings (SSSR count). The lowest BCUT2D eigenvalue weighted by atomic mass is 10.0. The Labute approximate surface area is 158 Å². The molecule has 1 amide bonds. The minimum Gasteiger partial charge on any atom is -0.454 e. The van der Waals surface area contributed by atoms with E-state index in [2.05, 4.69) is 5.32 Å². The summed E-state index contributed by atoms with van der Waals surface area (Å²) >= 11 is 0. The summed E-state index contributed by atoms with van der Waals surface area (Å²) in [6.45, 7) is 2.21. The van der Waals surface area contributed by atoms with E-state index in [0.717, 1.165) is 16.1 Å². The van der Waals surface area contributed by atoms with Crippen molar-refractivity contribution < 1.29 is 22.7 Å². The molecule has 1 aliphatic rings. The second-order valence-corrected chi connectivity index (χ2v) is 8.33. The van der Waals surface area contributed by atoms with Crippen molar-refractivity contribution >= 4 is 21.6 Å². The molecular formula is C19H22N2O5S. The van der Waals surface area contributed by atoms with Gasteiger partial charge in [0, 0.05) is 12.6 Å². The zero-order valence-electron chi connectivity index (χ0n) is 15.2. The molecule has 8 heteroatoms. The number of amides is 1. The molecule has 144 valence electrons. The fraction of sp³-hybridized carbons (Fsp3) is 0.316. The van der Waals surface area contributed by atoms with Gasteiger partial charge in [0.15, 0.2) is 11.5 Å². The summed E-state index contributed by atoms with van der Waals surface area (Å²) in [6, 6.07) is 14.6. The molecule has 1 aliphatic heterocycles. The van der Waals surface area contributed by atoms with Crippen LogP contribution >= 0.6 is 0 Å². The summed E-state index contributed by atoms with van der Waals surface area (Å²) in [6.07, 6.45) is 1.07. The van der Waals surface area contributed by atoms with E-state index in [4.69, 9.17) is 9.47 Å². The van der Waals surface area contributed by atoms with Gasteiger partial charge in [0.2, 0.25) is 22.7 Å². The second-order valence-electron chi connectivity index (χ2n) is 6.42. The molecule has 0 bridgehead atoms. The van der Waals surface area contributed by atoms with Crippen LogP contribution in [-0.2, 0) is 14.8 Å². The van der Waals surface area contributed by atoms with E-state index >= 15 is 0 Å². The Kier molecular flexibility index (Phi) is 5.55. The van der Waals surface area contributed by atoms with E-state index in [1.165, 1.54) is 0 Å². The second kappa shape index (κ2) is 7.87. The Morgan fingerprint density at radius 2 is 1.85 bits per heavy atom. The van der Waals surface area contributed by atoms with Gasteiger partial charge < -0.3 is 14.8 Å². The maximum Gasteiger partial charge on any atom is 0.240 e. The number of fused-ring (bicyclic) bond motifs is 1. The summed E-state index contributed by atoms with van der Waals surface area (Å²) in [5.74, 6) is 0.751. The van der Waals surface area contributed by atoms with Crippen LogP contribution in [0.15, 0.2) is 48.5 Å². The normalized spacial score (nSPS) is 13.9. The van der Waals surface area contributed by atoms with Crippen molar-refractivity contribution in [2.24, 2.45) is 0 Å². The Bertz CT molecular complexity index is 915. The van der Waals surface area contributed by atoms with Gasteiger partial charge in [-0.1, -0.05) is 37.3 Å². The molecule has 1 N–H and O–H groups in total. The first kappa shape index (κ1) is 19.0. The number of anilines is 1. The molecule has 2 aromatic rings. The molecule has 0 radical (unpaired) electrons. The van der Waals surface area contributed by atoms with Gasteiger partial charge in [-0.3, -0.25) is 9.10 Å². The van der Waals surface area contributed by atoms with Gasteiger partial charge in [-0.05, 0) is 23.6 Å². The van der Waals surface area contributed by atoms with Crippen molar-refractivity contribution in [2.75, 3.05) is 30.4 Å². The van der Waals surface area contributed by atoms with Crippen molar-refractivity contribution in [1.29, 1.82) is 0 Å². The number of rotatable bonds is 7. The molecule has 27 heavy (non-hydrogen) atoms. The summed E-state index contributed by atoms with van der Waals surface area (Å²) in [5.41, 5.74) is 1.46. The fourth-order valence-electron chi connectivity index (χ4n) is 2.79. The van der Waals surface area contributed by atoms with Gasteiger partial charge >= 0.3 is 0 Å². The zero-order valence-corrected chi connectivity index (χ0v) is 16.0. The first-order valence-corrected chi connectivity index (χ1v) is 10.4. The molecule has 0 fully saturated rings. The van der Waals surface area contributed by atoms with Crippen molar-refractivity contribution in [2.45, 2.75) is 12.8 Å². The summed E-state index contributed by atoms with van der Waals surface area (Å²) in [4.78, 5) is 12.4.